The Morgan fingerprint density at radius 2 is 1.49 bits per heavy atom. The van der Waals surface area contributed by atoms with Gasteiger partial charge in [-0.1, -0.05) is 109 Å². The minimum atomic E-state index is -2.42. The summed E-state index contributed by atoms with van der Waals surface area (Å²) >= 11 is 0. The number of ether oxygens (including phenoxy) is 9. The molecule has 2 heterocycles. The lowest BCUT2D eigenvalue weighted by Gasteiger charge is -2.67. The van der Waals surface area contributed by atoms with Gasteiger partial charge in [0.1, 0.15) is 11.7 Å². The average molecular weight is 1130 g/mol. The smallest absolute Gasteiger partial charge is 0.454 e. The maximum Gasteiger partial charge on any atom is 0.509 e. The lowest BCUT2D eigenvalue weighted by atomic mass is 9.44. The molecule has 2 saturated carbocycles. The van der Waals surface area contributed by atoms with Crippen LogP contribution in [0.25, 0.3) is 0 Å². The zero-order valence-corrected chi connectivity index (χ0v) is 49.2. The molecule has 1 aromatic carbocycles. The number of alkyl carbamates (subject to hydrolysis) is 1. The third-order valence-corrected chi connectivity index (χ3v) is 16.2. The molecule has 0 radical (unpaired) electrons. The summed E-state index contributed by atoms with van der Waals surface area (Å²) in [6.07, 6.45) is 5.82. The van der Waals surface area contributed by atoms with E-state index in [1.54, 1.807) is 52.8 Å². The van der Waals surface area contributed by atoms with E-state index in [1.807, 2.05) is 13.8 Å². The van der Waals surface area contributed by atoms with Crippen molar-refractivity contribution in [2.75, 3.05) is 6.61 Å². The molecule has 1 amide bonds. The fourth-order valence-corrected chi connectivity index (χ4v) is 12.5. The quantitative estimate of drug-likeness (QED) is 0.0423. The number of hydrogen-bond acceptors (Lipinski definition) is 18. The topological polar surface area (TPSA) is 252 Å². The number of rotatable bonds is 24. The average Bonchev–Trinajstić information content (AvgIpc) is 3.29. The largest absolute Gasteiger partial charge is 0.509 e. The summed E-state index contributed by atoms with van der Waals surface area (Å²) in [5.74, 6) is -7.57. The molecule has 0 aromatic heterocycles. The van der Waals surface area contributed by atoms with E-state index in [2.05, 4.69) is 48.7 Å². The summed E-state index contributed by atoms with van der Waals surface area (Å²) in [5, 5.41) is 15.1. The predicted octanol–water partition coefficient (Wildman–Crippen LogP) is 9.80. The van der Waals surface area contributed by atoms with Crippen molar-refractivity contribution < 1.29 is 86.1 Å². The van der Waals surface area contributed by atoms with E-state index in [0.717, 1.165) is 58.8 Å². The molecule has 5 aliphatic rings. The second-order valence-corrected chi connectivity index (χ2v) is 24.1. The fourth-order valence-electron chi connectivity index (χ4n) is 12.5. The van der Waals surface area contributed by atoms with Crippen LogP contribution in [0, 0.1) is 22.7 Å². The van der Waals surface area contributed by atoms with E-state index in [0.29, 0.717) is 12.8 Å². The highest BCUT2D eigenvalue weighted by atomic mass is 16.8. The summed E-state index contributed by atoms with van der Waals surface area (Å²) in [6.45, 7) is 18.6. The monoisotopic (exact) mass is 1130 g/mol. The van der Waals surface area contributed by atoms with Gasteiger partial charge in [-0.05, 0) is 109 Å². The predicted molar refractivity (Wildman–Crippen MR) is 295 cm³/mol. The second-order valence-electron chi connectivity index (χ2n) is 24.1. The van der Waals surface area contributed by atoms with Gasteiger partial charge in [-0.2, -0.15) is 0 Å². The van der Waals surface area contributed by atoms with Crippen molar-refractivity contribution in [1.82, 2.24) is 5.32 Å². The van der Waals surface area contributed by atoms with Crippen LogP contribution in [-0.2, 0) is 66.6 Å². The Bertz CT molecular complexity index is 2590. The molecule has 446 valence electrons. The number of nitrogens with one attached hydrogen (secondary N) is 1. The minimum absolute atomic E-state index is 0.0162. The molecule has 4 fully saturated rings. The zero-order valence-electron chi connectivity index (χ0n) is 49.2. The Balaban J connectivity index is 1.42. The molecule has 2 N–H and O–H groups in total. The van der Waals surface area contributed by atoms with Crippen molar-refractivity contribution in [2.24, 2.45) is 22.7 Å². The van der Waals surface area contributed by atoms with E-state index in [4.69, 9.17) is 42.6 Å². The molecular formula is C62H85NO18. The van der Waals surface area contributed by atoms with Gasteiger partial charge in [0.2, 0.25) is 11.7 Å². The molecule has 12 atom stereocenters. The van der Waals surface area contributed by atoms with Crippen LogP contribution in [0.1, 0.15) is 170 Å². The van der Waals surface area contributed by atoms with Gasteiger partial charge in [0.15, 0.2) is 35.8 Å². The third kappa shape index (κ3) is 14.0. The number of Topliss-reactive ketones (excluding diaryl/α,β-unsaturated/α-hetero) is 1. The standard InChI is InChI=1S/C62H85NO18/c1-13-14-15-16-17-18-19-20-21-22-23-24-25-26-30-33-45(67)75-48(42(34-37(2)3)63-56(71)80-58(7,8)9)55(70)76-47-38(4)46-49(74-39(5)64)51(68)60(12)43(66)35-44-61(36-73-44,79-40(6)65)50(60)53(77-54(69)41-31-28-27-29-32-41)62(59(46,10)11)52(47)78-57(72)81-62/h15-16,18-19,21-22,27-29,31-32,37,42-44,47-50,52-53,66H,13-14,17,20,23-26,30,33-36H2,1-12H3,(H,63,71)/b16-15-,19-18-,22-21-/t42-,43-,44+,47+,48+,49+,50-,52-,53-,60+,61-,62+/m0/s1. The van der Waals surface area contributed by atoms with Gasteiger partial charge in [0, 0.05) is 32.1 Å². The normalized spacial score (nSPS) is 29.2. The molecule has 19 nitrogen and oxygen atoms in total. The van der Waals surface area contributed by atoms with Crippen LogP contribution >= 0.6 is 0 Å². The number of carbonyl (C=O) groups is 8. The Morgan fingerprint density at radius 1 is 0.852 bits per heavy atom. The lowest BCUT2D eigenvalue weighted by molar-refractivity contribution is -0.345. The lowest BCUT2D eigenvalue weighted by Crippen LogP contribution is -2.83. The highest BCUT2D eigenvalue weighted by Gasteiger charge is 2.83. The maximum absolute atomic E-state index is 15.9. The van der Waals surface area contributed by atoms with Crippen LogP contribution in [0.5, 0.6) is 0 Å². The number of esters is 5. The van der Waals surface area contributed by atoms with E-state index in [1.165, 1.54) is 26.0 Å². The number of aliphatic hydroxyl groups excluding tert-OH is 1. The first-order chi connectivity index (χ1) is 38.2. The van der Waals surface area contributed by atoms with Gasteiger partial charge >= 0.3 is 42.1 Å². The van der Waals surface area contributed by atoms with Gasteiger partial charge in [-0.3, -0.25) is 19.2 Å². The van der Waals surface area contributed by atoms with Crippen LogP contribution in [0.4, 0.5) is 9.59 Å². The van der Waals surface area contributed by atoms with Gasteiger partial charge in [0.25, 0.3) is 0 Å². The van der Waals surface area contributed by atoms with Crippen molar-refractivity contribution in [3.63, 3.8) is 0 Å². The van der Waals surface area contributed by atoms with Crippen LogP contribution < -0.4 is 5.32 Å². The Hall–Kier alpha value is -6.34. The summed E-state index contributed by atoms with van der Waals surface area (Å²) in [5.41, 5.74) is -9.26. The van der Waals surface area contributed by atoms with E-state index < -0.39 is 130 Å². The number of unbranched alkanes of at least 4 members (excludes halogenated alkanes) is 5. The minimum Gasteiger partial charge on any atom is -0.454 e. The van der Waals surface area contributed by atoms with Crippen molar-refractivity contribution >= 4 is 47.9 Å². The summed E-state index contributed by atoms with van der Waals surface area (Å²) < 4.78 is 55.6. The summed E-state index contributed by atoms with van der Waals surface area (Å²) in [6, 6.07) is 6.49. The number of carbonyl (C=O) groups excluding carboxylic acids is 8. The molecule has 19 heteroatoms. The molecule has 1 aromatic rings. The summed E-state index contributed by atoms with van der Waals surface area (Å²) in [7, 11) is 0. The van der Waals surface area contributed by atoms with Crippen molar-refractivity contribution in [1.29, 1.82) is 0 Å². The van der Waals surface area contributed by atoms with E-state index in [9.17, 15) is 33.9 Å². The number of ketones is 1. The Kier molecular flexibility index (Phi) is 21.1. The van der Waals surface area contributed by atoms with E-state index >= 15 is 9.59 Å². The molecule has 3 aliphatic carbocycles. The first-order valence-electron chi connectivity index (χ1n) is 28.6. The molecular weight excluding hydrogens is 1050 g/mol. The number of fused-ring (bicyclic) bond motifs is 4. The number of hydrogen-bond donors (Lipinski definition) is 2. The fraction of sp³-hybridized carbons (Fsp3) is 0.645. The first-order valence-corrected chi connectivity index (χ1v) is 28.6. The van der Waals surface area contributed by atoms with Gasteiger partial charge < -0.3 is 53.1 Å². The van der Waals surface area contributed by atoms with Gasteiger partial charge in [-0.25, -0.2) is 19.2 Å². The highest BCUT2D eigenvalue weighted by Crippen LogP contribution is 2.67. The number of aliphatic hydroxyl groups is 1. The molecule has 2 aliphatic heterocycles. The zero-order chi connectivity index (χ0) is 59.7. The number of amides is 1. The van der Waals surface area contributed by atoms with Crippen molar-refractivity contribution in [3.8, 4) is 0 Å². The van der Waals surface area contributed by atoms with Crippen LogP contribution in [0.3, 0.4) is 0 Å². The van der Waals surface area contributed by atoms with Crippen LogP contribution in [0.15, 0.2) is 77.9 Å². The maximum atomic E-state index is 15.9. The first kappa shape index (κ1) is 63.8. The second kappa shape index (κ2) is 26.7. The highest BCUT2D eigenvalue weighted by molar-refractivity contribution is 5.96. The van der Waals surface area contributed by atoms with E-state index in [-0.39, 0.29) is 48.5 Å². The molecule has 0 unspecified atom stereocenters. The Labute approximate surface area is 476 Å². The Morgan fingerprint density at radius 3 is 2.09 bits per heavy atom. The SMILES string of the molecule is CCC/C=C\C/C=C\C/C=C\CCCCCCC(=O)O[C@@H](C(=O)O[C@@H]1C(C)=C2[C@@H](OC(C)=O)C(=O)[C@@]3(C)[C@H]([C@H](OC(=O)c4ccccc4)[C@@]4(OC(=O)O[C@@H]14)C2(C)C)[C@]1(OC(C)=O)CO[C@@H]1C[C@@H]3O)[C@H](CC(C)C)NC(=O)OC(C)(C)C. The molecule has 6 rings (SSSR count). The number of benzene rings is 1. The molecule has 2 bridgehead atoms. The van der Waals surface area contributed by atoms with Gasteiger partial charge in [0.05, 0.1) is 35.6 Å². The van der Waals surface area contributed by atoms with Crippen molar-refractivity contribution in [2.45, 2.75) is 226 Å². The number of allylic oxidation sites excluding steroid dienone is 6. The third-order valence-electron chi connectivity index (χ3n) is 16.2. The molecule has 81 heavy (non-hydrogen) atoms. The molecule has 1 spiro atoms. The van der Waals surface area contributed by atoms with Crippen LogP contribution in [0.2, 0.25) is 0 Å². The van der Waals surface area contributed by atoms with Crippen molar-refractivity contribution in [3.05, 3.63) is 83.5 Å². The van der Waals surface area contributed by atoms with Crippen LogP contribution in [-0.4, -0.2) is 125 Å². The molecule has 2 saturated heterocycles. The summed E-state index contributed by atoms with van der Waals surface area (Å²) in [4.78, 5) is 115. The van der Waals surface area contributed by atoms with Gasteiger partial charge in [-0.15, -0.1) is 0 Å².